The summed E-state index contributed by atoms with van der Waals surface area (Å²) in [6, 6.07) is 0. The lowest BCUT2D eigenvalue weighted by molar-refractivity contribution is -0.314. The van der Waals surface area contributed by atoms with E-state index in [0.717, 1.165) is 0 Å². The molecule has 1 aromatic rings. The van der Waals surface area contributed by atoms with Gasteiger partial charge in [-0.2, -0.15) is 0 Å². The molecule has 0 aromatic carbocycles. The highest BCUT2D eigenvalue weighted by Crippen LogP contribution is 2.49. The number of carbonyl (C=O) groups excluding carboxylic acids is 1. The molecule has 0 N–H and O–H groups in total. The zero-order chi connectivity index (χ0) is 11.3. The fourth-order valence-corrected chi connectivity index (χ4v) is 2.16. The van der Waals surface area contributed by atoms with Gasteiger partial charge in [-0.1, -0.05) is 6.08 Å². The second kappa shape index (κ2) is 2.78. The van der Waals surface area contributed by atoms with Crippen molar-refractivity contribution in [1.29, 1.82) is 0 Å². The van der Waals surface area contributed by atoms with Crippen LogP contribution in [0.3, 0.4) is 0 Å². The normalized spacial score (nSPS) is 25.2. The van der Waals surface area contributed by atoms with Gasteiger partial charge in [-0.3, -0.25) is 0 Å². The molecule has 1 aromatic heterocycles. The topological polar surface area (TPSA) is 78.9 Å². The molecule has 0 radical (unpaired) electrons. The Morgan fingerprint density at radius 1 is 1.31 bits per heavy atom. The van der Waals surface area contributed by atoms with E-state index in [-0.39, 0.29) is 11.7 Å². The predicted molar refractivity (Wildman–Crippen MR) is 48.5 cm³/mol. The highest BCUT2D eigenvalue weighted by molar-refractivity contribution is 5.66. The number of fused-ring (bicyclic) bond motifs is 2. The first kappa shape index (κ1) is 9.26. The zero-order valence-corrected chi connectivity index (χ0v) is 8.23. The third-order valence-electron chi connectivity index (χ3n) is 2.89. The predicted octanol–water partition coefficient (Wildman–Crippen LogP) is 1.30. The molecule has 1 aliphatic carbocycles. The summed E-state index contributed by atoms with van der Waals surface area (Å²) in [6.07, 6.45) is 1.97. The fraction of sp³-hybridized carbons (Fsp3) is 0.400. The number of hydrogen-bond donors (Lipinski definition) is 0. The molecule has 1 atom stereocenters. The quantitative estimate of drug-likeness (QED) is 0.528. The highest BCUT2D eigenvalue weighted by Gasteiger charge is 2.61. The van der Waals surface area contributed by atoms with Gasteiger partial charge in [0.2, 0.25) is 5.76 Å². The molecule has 0 saturated carbocycles. The van der Waals surface area contributed by atoms with E-state index in [9.17, 15) is 9.59 Å². The van der Waals surface area contributed by atoms with Crippen LogP contribution in [0, 0.1) is 5.92 Å². The monoisotopic (exact) mass is 224 g/mol. The molecule has 1 aliphatic heterocycles. The Morgan fingerprint density at radius 2 is 2.06 bits per heavy atom. The van der Waals surface area contributed by atoms with Gasteiger partial charge in [-0.05, 0) is 6.42 Å². The van der Waals surface area contributed by atoms with Crippen molar-refractivity contribution in [3.8, 4) is 0 Å². The third kappa shape index (κ3) is 0.959. The summed E-state index contributed by atoms with van der Waals surface area (Å²) in [5.41, 5.74) is 0. The minimum absolute atomic E-state index is 0.147. The van der Waals surface area contributed by atoms with Crippen molar-refractivity contribution in [1.82, 2.24) is 0 Å². The summed E-state index contributed by atoms with van der Waals surface area (Å²) in [6.45, 7) is 3.64. The Balaban J connectivity index is 2.14. The average molecular weight is 224 g/mol. The van der Waals surface area contributed by atoms with E-state index in [0.29, 0.717) is 18.6 Å². The molecule has 1 fully saturated rings. The average Bonchev–Trinajstić information content (AvgIpc) is 2.58. The molecule has 0 amide bonds. The molecule has 3 rings (SSSR count). The van der Waals surface area contributed by atoms with Crippen LogP contribution in [0.4, 0.5) is 4.79 Å². The summed E-state index contributed by atoms with van der Waals surface area (Å²) in [5, 5.41) is 0. The van der Waals surface area contributed by atoms with E-state index in [1.54, 1.807) is 6.08 Å². The van der Waals surface area contributed by atoms with Crippen LogP contribution < -0.4 is 5.82 Å². The first-order chi connectivity index (χ1) is 7.65. The number of carbonyl (C=O) groups is 1. The number of rotatable bonds is 1. The lowest BCUT2D eigenvalue weighted by Crippen LogP contribution is -2.54. The van der Waals surface area contributed by atoms with Crippen molar-refractivity contribution in [3.05, 3.63) is 34.8 Å². The van der Waals surface area contributed by atoms with Crippen molar-refractivity contribution >= 4 is 6.16 Å². The first-order valence-electron chi connectivity index (χ1n) is 4.83. The van der Waals surface area contributed by atoms with Crippen molar-refractivity contribution < 1.29 is 23.1 Å². The van der Waals surface area contributed by atoms with E-state index in [1.165, 1.54) is 0 Å². The summed E-state index contributed by atoms with van der Waals surface area (Å²) < 4.78 is 19.7. The summed E-state index contributed by atoms with van der Waals surface area (Å²) >= 11 is 0. The van der Waals surface area contributed by atoms with Gasteiger partial charge in [0.15, 0.2) is 5.76 Å². The molecule has 1 unspecified atom stereocenters. The Kier molecular flexibility index (Phi) is 1.61. The second-order valence-corrected chi connectivity index (χ2v) is 3.71. The van der Waals surface area contributed by atoms with Crippen molar-refractivity contribution in [3.63, 3.8) is 0 Å². The highest BCUT2D eigenvalue weighted by atomic mass is 16.9. The molecule has 1 spiro atoms. The van der Waals surface area contributed by atoms with Crippen LogP contribution in [0.25, 0.3) is 0 Å². The van der Waals surface area contributed by atoms with E-state index in [1.807, 2.05) is 0 Å². The molecule has 2 heterocycles. The number of ether oxygens (including phenoxy) is 2. The molecule has 84 valence electrons. The Bertz CT molecular complexity index is 514. The van der Waals surface area contributed by atoms with Crippen LogP contribution in [-0.2, 0) is 21.7 Å². The van der Waals surface area contributed by atoms with Gasteiger partial charge in [-0.25, -0.2) is 9.59 Å². The standard InChI is InChI=1S/C10H8O6/c1-2-5-3-4-6-7(14-8(11)13-6)10(5)15-9(12)16-10/h2,5H,1,3-4H2. The van der Waals surface area contributed by atoms with Gasteiger partial charge in [0.05, 0.1) is 5.92 Å². The van der Waals surface area contributed by atoms with E-state index < -0.39 is 17.8 Å². The summed E-state index contributed by atoms with van der Waals surface area (Å²) in [5.74, 6) is -1.87. The molecule has 0 bridgehead atoms. The Morgan fingerprint density at radius 3 is 2.69 bits per heavy atom. The van der Waals surface area contributed by atoms with Crippen molar-refractivity contribution in [2.24, 2.45) is 5.92 Å². The largest absolute Gasteiger partial charge is 0.519 e. The first-order valence-corrected chi connectivity index (χ1v) is 4.83. The number of hydrogen-bond acceptors (Lipinski definition) is 6. The fourth-order valence-electron chi connectivity index (χ4n) is 2.16. The van der Waals surface area contributed by atoms with E-state index in [4.69, 9.17) is 18.3 Å². The maximum absolute atomic E-state index is 11.0. The van der Waals surface area contributed by atoms with Crippen molar-refractivity contribution in [2.75, 3.05) is 0 Å². The van der Waals surface area contributed by atoms with E-state index >= 15 is 0 Å². The van der Waals surface area contributed by atoms with Gasteiger partial charge in [-0.15, -0.1) is 6.58 Å². The van der Waals surface area contributed by atoms with Crippen LogP contribution in [0.2, 0.25) is 0 Å². The van der Waals surface area contributed by atoms with Gasteiger partial charge in [0, 0.05) is 6.42 Å². The van der Waals surface area contributed by atoms with Gasteiger partial charge in [0.25, 0.3) is 0 Å². The minimum Gasteiger partial charge on any atom is -0.395 e. The SMILES string of the molecule is C=CC1CCc2oc(=O)oc2C12OC(=O)O2. The zero-order valence-electron chi connectivity index (χ0n) is 8.23. The van der Waals surface area contributed by atoms with Crippen LogP contribution in [0.1, 0.15) is 17.9 Å². The maximum atomic E-state index is 11.0. The lowest BCUT2D eigenvalue weighted by atomic mass is 9.84. The minimum atomic E-state index is -1.33. The van der Waals surface area contributed by atoms with Gasteiger partial charge < -0.3 is 18.3 Å². The summed E-state index contributed by atoms with van der Waals surface area (Å²) in [4.78, 5) is 21.8. The lowest BCUT2D eigenvalue weighted by Gasteiger charge is -2.43. The molecular formula is C10H8O6. The smallest absolute Gasteiger partial charge is 0.395 e. The molecular weight excluding hydrogens is 216 g/mol. The molecule has 6 nitrogen and oxygen atoms in total. The molecule has 16 heavy (non-hydrogen) atoms. The van der Waals surface area contributed by atoms with Crippen molar-refractivity contribution in [2.45, 2.75) is 18.6 Å². The van der Waals surface area contributed by atoms with Gasteiger partial charge >= 0.3 is 17.8 Å². The van der Waals surface area contributed by atoms with Crippen LogP contribution in [0.5, 0.6) is 0 Å². The maximum Gasteiger partial charge on any atom is 0.519 e. The second-order valence-electron chi connectivity index (χ2n) is 3.71. The van der Waals surface area contributed by atoms with Crippen LogP contribution >= 0.6 is 0 Å². The summed E-state index contributed by atoms with van der Waals surface area (Å²) in [7, 11) is 0. The van der Waals surface area contributed by atoms with Crippen LogP contribution in [-0.4, -0.2) is 6.16 Å². The Hall–Kier alpha value is -1.98. The molecule has 1 saturated heterocycles. The Labute approximate surface area is 89.4 Å². The molecule has 2 aliphatic rings. The van der Waals surface area contributed by atoms with Gasteiger partial charge in [0.1, 0.15) is 0 Å². The van der Waals surface area contributed by atoms with Crippen LogP contribution in [0.15, 0.2) is 26.3 Å². The third-order valence-corrected chi connectivity index (χ3v) is 2.89. The van der Waals surface area contributed by atoms with E-state index in [2.05, 4.69) is 6.58 Å². The number of aryl methyl sites for hydroxylation is 1. The molecule has 6 heteroatoms.